The fourth-order valence-corrected chi connectivity index (χ4v) is 9.66. The fraction of sp³-hybridized carbons (Fsp3) is 0.629. The van der Waals surface area contributed by atoms with Crippen molar-refractivity contribution in [3.05, 3.63) is 38.7 Å². The molecular weight excluding hydrogens is 600 g/mol. The van der Waals surface area contributed by atoms with E-state index in [-0.39, 0.29) is 28.3 Å². The maximum absolute atomic E-state index is 15.5. The lowest BCUT2D eigenvalue weighted by molar-refractivity contribution is -0.177. The molecular formula is C35H39ClO9. The van der Waals surface area contributed by atoms with E-state index in [9.17, 15) is 14.4 Å². The van der Waals surface area contributed by atoms with Crippen LogP contribution in [-0.4, -0.2) is 40.3 Å². The largest absolute Gasteiger partial charge is 0.487 e. The highest BCUT2D eigenvalue weighted by Crippen LogP contribution is 2.70. The molecule has 4 heterocycles. The molecule has 0 unspecified atom stereocenters. The number of rotatable bonds is 4. The van der Waals surface area contributed by atoms with Crippen molar-refractivity contribution in [3.63, 3.8) is 0 Å². The van der Waals surface area contributed by atoms with E-state index in [0.717, 1.165) is 0 Å². The van der Waals surface area contributed by atoms with Crippen LogP contribution in [-0.2, 0) is 28.7 Å². The minimum Gasteiger partial charge on any atom is -0.487 e. The lowest BCUT2D eigenvalue weighted by atomic mass is 9.57. The van der Waals surface area contributed by atoms with Gasteiger partial charge in [0.25, 0.3) is 0 Å². The zero-order valence-electron chi connectivity index (χ0n) is 27.2. The summed E-state index contributed by atoms with van der Waals surface area (Å²) in [6.07, 6.45) is 1.47. The number of carbonyl (C=O) groups excluding carboxylic acids is 4. The molecule has 3 aliphatic heterocycles. The highest BCUT2D eigenvalue weighted by molar-refractivity contribution is 6.32. The van der Waals surface area contributed by atoms with E-state index >= 15 is 9.59 Å². The highest BCUT2D eigenvalue weighted by Gasteiger charge is 2.80. The van der Waals surface area contributed by atoms with Crippen LogP contribution in [0.3, 0.4) is 0 Å². The van der Waals surface area contributed by atoms with Gasteiger partial charge in [-0.15, -0.1) is 0 Å². The summed E-state index contributed by atoms with van der Waals surface area (Å²) in [5, 5.41) is 0.399. The Morgan fingerprint density at radius 1 is 0.756 bits per heavy atom. The van der Waals surface area contributed by atoms with E-state index in [1.165, 1.54) is 0 Å². The average molecular weight is 639 g/mol. The number of esters is 2. The van der Waals surface area contributed by atoms with E-state index in [1.807, 2.05) is 41.5 Å². The zero-order valence-corrected chi connectivity index (χ0v) is 27.9. The van der Waals surface area contributed by atoms with E-state index in [1.54, 1.807) is 32.9 Å². The third-order valence-electron chi connectivity index (χ3n) is 13.6. The average Bonchev–Trinajstić information content (AvgIpc) is 3.42. The van der Waals surface area contributed by atoms with Gasteiger partial charge in [0.05, 0.1) is 22.7 Å². The van der Waals surface area contributed by atoms with Crippen molar-refractivity contribution in [2.24, 2.45) is 27.6 Å². The molecule has 1 aromatic carbocycles. The van der Waals surface area contributed by atoms with Crippen LogP contribution in [0.4, 0.5) is 0 Å². The van der Waals surface area contributed by atoms with Crippen LogP contribution in [0, 0.1) is 34.5 Å². The molecule has 2 aromatic rings. The van der Waals surface area contributed by atoms with Gasteiger partial charge < -0.3 is 18.6 Å². The minimum atomic E-state index is -1.56. The molecule has 240 valence electrons. The Kier molecular flexibility index (Phi) is 5.67. The van der Waals surface area contributed by atoms with E-state index < -0.39 is 79.4 Å². The summed E-state index contributed by atoms with van der Waals surface area (Å²) in [5.74, 6) is -3.98. The molecule has 0 spiro atoms. The molecule has 0 amide bonds. The van der Waals surface area contributed by atoms with Crippen LogP contribution in [0.2, 0.25) is 5.02 Å². The number of aryl methyl sites for hydroxylation is 1. The van der Waals surface area contributed by atoms with Crippen molar-refractivity contribution in [2.75, 3.05) is 0 Å². The summed E-state index contributed by atoms with van der Waals surface area (Å²) >= 11 is 6.31. The Morgan fingerprint density at radius 3 is 1.73 bits per heavy atom. The maximum atomic E-state index is 15.5. The van der Waals surface area contributed by atoms with Gasteiger partial charge in [-0.3, -0.25) is 19.2 Å². The molecule has 10 heteroatoms. The Hall–Kier alpha value is -3.20. The summed E-state index contributed by atoms with van der Waals surface area (Å²) in [6.45, 7) is 16.3. The molecule has 2 saturated heterocycles. The first-order valence-electron chi connectivity index (χ1n) is 15.7. The number of ketones is 2. The van der Waals surface area contributed by atoms with Crippen molar-refractivity contribution >= 4 is 46.1 Å². The van der Waals surface area contributed by atoms with Gasteiger partial charge in [-0.25, -0.2) is 4.79 Å². The summed E-state index contributed by atoms with van der Waals surface area (Å²) < 4.78 is 24.5. The van der Waals surface area contributed by atoms with Crippen molar-refractivity contribution in [1.29, 1.82) is 0 Å². The summed E-state index contributed by atoms with van der Waals surface area (Å²) in [4.78, 5) is 70.5. The van der Waals surface area contributed by atoms with Crippen molar-refractivity contribution in [3.8, 4) is 5.75 Å². The first kappa shape index (κ1) is 30.5. The second-order valence-electron chi connectivity index (χ2n) is 15.9. The molecule has 45 heavy (non-hydrogen) atoms. The van der Waals surface area contributed by atoms with Crippen molar-refractivity contribution in [2.45, 2.75) is 111 Å². The molecule has 6 atom stereocenters. The van der Waals surface area contributed by atoms with Crippen LogP contribution in [0.5, 0.6) is 5.75 Å². The molecule has 7 rings (SSSR count). The van der Waals surface area contributed by atoms with Crippen molar-refractivity contribution in [1.82, 2.24) is 0 Å². The van der Waals surface area contributed by atoms with E-state index in [2.05, 4.69) is 0 Å². The summed E-state index contributed by atoms with van der Waals surface area (Å²) in [7, 11) is 0. The lowest BCUT2D eigenvalue weighted by Crippen LogP contribution is -2.62. The van der Waals surface area contributed by atoms with E-state index in [4.69, 9.17) is 30.2 Å². The van der Waals surface area contributed by atoms with Crippen LogP contribution < -0.4 is 10.4 Å². The normalized spacial score (nSPS) is 38.1. The van der Waals surface area contributed by atoms with E-state index in [0.29, 0.717) is 30.2 Å². The second kappa shape index (κ2) is 8.38. The van der Waals surface area contributed by atoms with Gasteiger partial charge >= 0.3 is 17.6 Å². The molecule has 9 nitrogen and oxygen atoms in total. The number of ether oxygens (including phenoxy) is 3. The van der Waals surface area contributed by atoms with Crippen molar-refractivity contribution < 1.29 is 37.8 Å². The molecule has 2 aliphatic carbocycles. The molecule has 0 N–H and O–H groups in total. The second-order valence-corrected chi connectivity index (χ2v) is 16.3. The van der Waals surface area contributed by atoms with Gasteiger partial charge in [0, 0.05) is 21.8 Å². The zero-order chi connectivity index (χ0) is 33.1. The number of hydrogen-bond acceptors (Lipinski definition) is 9. The predicted molar refractivity (Wildman–Crippen MR) is 163 cm³/mol. The quantitative estimate of drug-likeness (QED) is 0.292. The van der Waals surface area contributed by atoms with Gasteiger partial charge in [0.2, 0.25) is 0 Å². The Labute approximate surface area is 266 Å². The maximum Gasteiger partial charge on any atom is 0.355 e. The number of fused-ring (bicyclic) bond motifs is 7. The Balaban J connectivity index is 1.53. The minimum absolute atomic E-state index is 0.0850. The molecule has 4 fully saturated rings. The predicted octanol–water partition coefficient (Wildman–Crippen LogP) is 6.01. The van der Waals surface area contributed by atoms with Gasteiger partial charge in [-0.2, -0.15) is 0 Å². The fourth-order valence-electron chi connectivity index (χ4n) is 9.52. The molecule has 0 radical (unpaired) electrons. The highest BCUT2D eigenvalue weighted by atomic mass is 35.5. The number of hydrogen-bond donors (Lipinski definition) is 0. The van der Waals surface area contributed by atoms with Gasteiger partial charge in [0.15, 0.2) is 22.8 Å². The SMILES string of the molecule is Cc1c(Cl)c(=O)oc2c3c(ccc12)OC(C)(C)[C@H](C(=O)[C@@]12CC[C@@](C)(C(=O)O1)C2(C)C)[C@H]3C(=O)[C@@]12CC[C@@](C)(C(=O)O1)C2(C)C. The monoisotopic (exact) mass is 638 g/mol. The van der Waals surface area contributed by atoms with Crippen LogP contribution >= 0.6 is 11.6 Å². The number of halogens is 1. The van der Waals surface area contributed by atoms with Crippen LogP contribution in [0.15, 0.2) is 21.3 Å². The third-order valence-corrected chi connectivity index (χ3v) is 14.0. The smallest absolute Gasteiger partial charge is 0.355 e. The lowest BCUT2D eigenvalue weighted by Gasteiger charge is -2.49. The molecule has 1 aromatic heterocycles. The number of Topliss-reactive ketones (excluding diaryl/α,β-unsaturated/α-hetero) is 2. The number of carbonyl (C=O) groups is 4. The molecule has 5 aliphatic rings. The standard InChI is InChI=1S/C35H39ClO9/c1-16-17-10-11-18-19(23(17)42-26(39)22(16)36)20(24(37)34-14-12-32(8,27(40)44-34)30(34,4)5)21(29(2,3)43-18)25(38)35-15-13-33(9,28(41)45-35)31(35,6)7/h10-11,20-21H,12-15H2,1-9H3/t20-,21-,32-,33-,34+,35+/m0/s1. The molecule has 2 saturated carbocycles. The topological polar surface area (TPSA) is 126 Å². The molecule has 4 bridgehead atoms. The van der Waals surface area contributed by atoms with Crippen LogP contribution in [0.1, 0.15) is 98.1 Å². The summed E-state index contributed by atoms with van der Waals surface area (Å²) in [5.41, 5.74) is -7.98. The van der Waals surface area contributed by atoms with Crippen LogP contribution in [0.25, 0.3) is 11.0 Å². The third kappa shape index (κ3) is 3.10. The summed E-state index contributed by atoms with van der Waals surface area (Å²) in [6, 6.07) is 3.40. The first-order valence-corrected chi connectivity index (χ1v) is 16.0. The van der Waals surface area contributed by atoms with Gasteiger partial charge in [0.1, 0.15) is 22.0 Å². The van der Waals surface area contributed by atoms with Gasteiger partial charge in [-0.05, 0) is 78.0 Å². The Bertz CT molecular complexity index is 1850. The van der Waals surface area contributed by atoms with Gasteiger partial charge in [-0.1, -0.05) is 39.3 Å². The Morgan fingerprint density at radius 2 is 1.27 bits per heavy atom. The number of benzene rings is 1. The first-order chi connectivity index (χ1) is 20.7.